The van der Waals surface area contributed by atoms with Crippen LogP contribution in [0.25, 0.3) is 0 Å². The number of nitrogens with zero attached hydrogens (tertiary/aromatic N) is 1. The van der Waals surface area contributed by atoms with E-state index < -0.39 is 41.3 Å². The molecule has 3 fully saturated rings. The van der Waals surface area contributed by atoms with Crippen molar-refractivity contribution in [3.63, 3.8) is 0 Å². The zero-order valence-corrected chi connectivity index (χ0v) is 22.0. The summed E-state index contributed by atoms with van der Waals surface area (Å²) >= 11 is 0. The molecule has 3 aliphatic carbocycles. The van der Waals surface area contributed by atoms with Gasteiger partial charge in [0.2, 0.25) is 0 Å². The number of likely N-dealkylation sites (N-methyl/N-ethyl adjacent to an activating group) is 1. The first-order valence-corrected chi connectivity index (χ1v) is 12.7. The van der Waals surface area contributed by atoms with Crippen molar-refractivity contribution in [3.05, 3.63) is 12.7 Å². The van der Waals surface area contributed by atoms with Crippen LogP contribution in [0.15, 0.2) is 12.7 Å². The molecule has 0 aromatic heterocycles. The smallest absolute Gasteiger partial charge is 0.416 e. The molecular formula is C26H41N3O7. The number of hydrogen-bond donors (Lipinski definition) is 3. The van der Waals surface area contributed by atoms with Gasteiger partial charge in [-0.2, -0.15) is 0 Å². The number of carbonyl (C=O) groups excluding carboxylic acids is 4. The van der Waals surface area contributed by atoms with Gasteiger partial charge in [-0.25, -0.2) is 19.7 Å². The topological polar surface area (TPSA) is 148 Å². The van der Waals surface area contributed by atoms with E-state index in [1.165, 1.54) is 11.9 Å². The van der Waals surface area contributed by atoms with Gasteiger partial charge < -0.3 is 25.2 Å². The van der Waals surface area contributed by atoms with Crippen molar-refractivity contribution in [2.75, 3.05) is 20.2 Å². The van der Waals surface area contributed by atoms with Gasteiger partial charge in [-0.05, 0) is 42.9 Å². The summed E-state index contributed by atoms with van der Waals surface area (Å²) in [7, 11) is 1.45. The Labute approximate surface area is 212 Å². The van der Waals surface area contributed by atoms with E-state index in [1.54, 1.807) is 6.08 Å². The highest BCUT2D eigenvalue weighted by Crippen LogP contribution is 2.67. The normalized spacial score (nSPS) is 39.7. The van der Waals surface area contributed by atoms with Gasteiger partial charge in [0.1, 0.15) is 18.5 Å². The zero-order chi connectivity index (χ0) is 27.1. The molecule has 3 saturated carbocycles. The number of aliphatic hydroxyl groups excluding tert-OH is 1. The highest BCUT2D eigenvalue weighted by atomic mass is 16.6. The molecule has 0 saturated heterocycles. The van der Waals surface area contributed by atoms with Crippen LogP contribution in [0, 0.1) is 34.0 Å². The maximum absolute atomic E-state index is 13.4. The molecule has 3 aliphatic rings. The van der Waals surface area contributed by atoms with Crippen molar-refractivity contribution in [2.45, 2.75) is 72.0 Å². The van der Waals surface area contributed by atoms with E-state index in [-0.39, 0.29) is 48.5 Å². The van der Waals surface area contributed by atoms with Gasteiger partial charge in [-0.3, -0.25) is 4.79 Å². The number of Topliss-reactive ketones (excluding diaryl/α,β-unsaturated/α-hetero) is 1. The van der Waals surface area contributed by atoms with Gasteiger partial charge >= 0.3 is 18.2 Å². The predicted molar refractivity (Wildman–Crippen MR) is 132 cm³/mol. The summed E-state index contributed by atoms with van der Waals surface area (Å²) in [6.45, 7) is 11.9. The number of alkyl carbamates (subject to hydrolysis) is 2. The molecule has 0 aliphatic heterocycles. The van der Waals surface area contributed by atoms with E-state index in [0.29, 0.717) is 12.8 Å². The summed E-state index contributed by atoms with van der Waals surface area (Å²) in [5.74, 6) is -0.269. The maximum atomic E-state index is 13.4. The Morgan fingerprint density at radius 1 is 1.25 bits per heavy atom. The minimum Gasteiger partial charge on any atom is -0.447 e. The maximum Gasteiger partial charge on any atom is 0.416 e. The molecule has 36 heavy (non-hydrogen) atoms. The molecule has 1 unspecified atom stereocenters. The second kappa shape index (κ2) is 10.0. The Morgan fingerprint density at radius 3 is 2.53 bits per heavy atom. The molecule has 4 amide bonds. The van der Waals surface area contributed by atoms with Gasteiger partial charge in [-0.15, -0.1) is 6.58 Å². The Morgan fingerprint density at radius 2 is 1.92 bits per heavy atom. The van der Waals surface area contributed by atoms with Crippen LogP contribution in [0.2, 0.25) is 0 Å². The molecule has 0 spiro atoms. The first-order valence-electron chi connectivity index (χ1n) is 12.7. The van der Waals surface area contributed by atoms with Crippen molar-refractivity contribution in [2.24, 2.45) is 39.7 Å². The van der Waals surface area contributed by atoms with Gasteiger partial charge in [0.05, 0.1) is 12.6 Å². The third kappa shape index (κ3) is 4.60. The summed E-state index contributed by atoms with van der Waals surface area (Å²) in [6.07, 6.45) is 1.26. The molecule has 202 valence electrons. The Hall–Kier alpha value is -2.62. The highest BCUT2D eigenvalue weighted by Gasteiger charge is 2.68. The van der Waals surface area contributed by atoms with Crippen LogP contribution < -0.4 is 11.1 Å². The average Bonchev–Trinajstić information content (AvgIpc) is 3.17. The van der Waals surface area contributed by atoms with E-state index in [2.05, 4.69) is 18.8 Å². The van der Waals surface area contributed by atoms with Crippen molar-refractivity contribution in [3.8, 4) is 0 Å². The van der Waals surface area contributed by atoms with Crippen LogP contribution >= 0.6 is 0 Å². The van der Waals surface area contributed by atoms with Crippen LogP contribution in [-0.4, -0.2) is 66.4 Å². The molecule has 10 nitrogen and oxygen atoms in total. The van der Waals surface area contributed by atoms with Crippen LogP contribution in [0.1, 0.15) is 59.8 Å². The number of ketones is 1. The number of aliphatic hydroxyl groups is 1. The minimum absolute atomic E-state index is 0.0651. The summed E-state index contributed by atoms with van der Waals surface area (Å²) in [4.78, 5) is 50.6. The lowest BCUT2D eigenvalue weighted by molar-refractivity contribution is -0.191. The van der Waals surface area contributed by atoms with Crippen molar-refractivity contribution < 1.29 is 33.8 Å². The predicted octanol–water partition coefficient (Wildman–Crippen LogP) is 3.22. The molecule has 4 N–H and O–H groups in total. The molecule has 10 heteroatoms. The number of ether oxygens (including phenoxy) is 2. The standard InChI is InChI=1S/C26H41N3O7/c1-7-24(4)14-18(36-23(34)28-22(33)35-13-12-29(6)21(27)32)25(5)15(2)8-10-26(16(3)20(24)31)11-9-17(30)19(25)26/h7,15-16,18-20,31H,1,8-14H2,2-6H3,(H2,27,32)(H,28,33,34)/t15?,16-,18+,19-,20-,24+,25+,26-/m0/s1. The van der Waals surface area contributed by atoms with E-state index in [0.717, 1.165) is 12.8 Å². The fraction of sp³-hybridized carbons (Fsp3) is 0.769. The van der Waals surface area contributed by atoms with E-state index in [1.807, 2.05) is 20.8 Å². The van der Waals surface area contributed by atoms with Crippen LogP contribution in [0.5, 0.6) is 0 Å². The molecule has 3 rings (SSSR count). The summed E-state index contributed by atoms with van der Waals surface area (Å²) in [6, 6.07) is -0.670. The van der Waals surface area contributed by atoms with E-state index in [9.17, 15) is 24.3 Å². The summed E-state index contributed by atoms with van der Waals surface area (Å²) in [5.41, 5.74) is 3.29. The fourth-order valence-corrected chi connectivity index (χ4v) is 7.16. The number of nitrogens with two attached hydrogens (primary N) is 1. The number of rotatable bonds is 5. The molecule has 0 heterocycles. The number of carbonyl (C=O) groups is 4. The summed E-state index contributed by atoms with van der Waals surface area (Å²) in [5, 5.41) is 13.6. The largest absolute Gasteiger partial charge is 0.447 e. The van der Waals surface area contributed by atoms with Crippen LogP contribution in [0.4, 0.5) is 14.4 Å². The first-order chi connectivity index (χ1) is 16.7. The highest BCUT2D eigenvalue weighted by molar-refractivity contribution is 5.88. The molecule has 0 aromatic rings. The molecule has 2 bridgehead atoms. The number of primary amides is 1. The average molecular weight is 508 g/mol. The van der Waals surface area contributed by atoms with E-state index in [4.69, 9.17) is 15.2 Å². The monoisotopic (exact) mass is 507 g/mol. The van der Waals surface area contributed by atoms with Gasteiger partial charge in [-0.1, -0.05) is 33.8 Å². The number of hydrogen-bond acceptors (Lipinski definition) is 7. The van der Waals surface area contributed by atoms with Gasteiger partial charge in [0.25, 0.3) is 0 Å². The van der Waals surface area contributed by atoms with Crippen molar-refractivity contribution in [1.29, 1.82) is 0 Å². The summed E-state index contributed by atoms with van der Waals surface area (Å²) < 4.78 is 10.9. The second-order valence-electron chi connectivity index (χ2n) is 11.5. The lowest BCUT2D eigenvalue weighted by Gasteiger charge is -2.61. The van der Waals surface area contributed by atoms with Crippen molar-refractivity contribution >= 4 is 24.0 Å². The Kier molecular flexibility index (Phi) is 7.79. The molecule has 0 aromatic carbocycles. The Bertz CT molecular complexity index is 925. The fourth-order valence-electron chi connectivity index (χ4n) is 7.16. The number of urea groups is 1. The third-order valence-electron chi connectivity index (χ3n) is 9.79. The van der Waals surface area contributed by atoms with Crippen LogP contribution in [0.3, 0.4) is 0 Å². The quantitative estimate of drug-likeness (QED) is 0.484. The van der Waals surface area contributed by atoms with Crippen LogP contribution in [-0.2, 0) is 14.3 Å². The van der Waals surface area contributed by atoms with Gasteiger partial charge in [0, 0.05) is 30.2 Å². The molecule has 8 atom stereocenters. The molecular weight excluding hydrogens is 466 g/mol. The SMILES string of the molecule is C=C[C@]1(C)C[C@@H](OC(=O)NC(=O)OCCN(C)C(N)=O)[C@@]2(C)C(C)CC[C@]3(CCC(=O)[C@H]32)[C@@H](C)[C@@H]1O. The minimum atomic E-state index is -1.02. The van der Waals surface area contributed by atoms with Crippen molar-refractivity contribution in [1.82, 2.24) is 10.2 Å². The molecule has 0 radical (unpaired) electrons. The lowest BCUT2D eigenvalue weighted by atomic mass is 9.44. The van der Waals surface area contributed by atoms with E-state index >= 15 is 0 Å². The number of amides is 4. The van der Waals surface area contributed by atoms with Gasteiger partial charge in [0.15, 0.2) is 0 Å². The second-order valence-corrected chi connectivity index (χ2v) is 11.5. The third-order valence-corrected chi connectivity index (χ3v) is 9.79. The Balaban J connectivity index is 1.86. The first kappa shape index (κ1) is 28.0. The zero-order valence-electron chi connectivity index (χ0n) is 22.0. The lowest BCUT2D eigenvalue weighted by Crippen LogP contribution is -2.63. The number of nitrogens with one attached hydrogen (secondary N) is 1. The number of imide groups is 1.